The molecule has 0 fully saturated rings. The summed E-state index contributed by atoms with van der Waals surface area (Å²) in [6.45, 7) is 1.98. The summed E-state index contributed by atoms with van der Waals surface area (Å²) in [4.78, 5) is 15.2. The first-order valence-electron chi connectivity index (χ1n) is 6.46. The largest absolute Gasteiger partial charge is 0.349 e. The fraction of sp³-hybridized carbons (Fsp3) is 0.429. The monoisotopic (exact) mass is 293 g/mol. The summed E-state index contributed by atoms with van der Waals surface area (Å²) in [5.41, 5.74) is 1.03. The molecule has 6 heteroatoms. The molecule has 1 aromatic rings. The SMILES string of the molecule is CC1N=C(N(C)C)N(C)C(N(C)c2ccc(Cl)cc2)=N1. The van der Waals surface area contributed by atoms with Crippen molar-refractivity contribution in [2.45, 2.75) is 13.1 Å². The first-order chi connectivity index (χ1) is 9.40. The highest BCUT2D eigenvalue weighted by atomic mass is 35.5. The van der Waals surface area contributed by atoms with E-state index in [1.54, 1.807) is 0 Å². The lowest BCUT2D eigenvalue weighted by Crippen LogP contribution is -2.51. The molecule has 0 amide bonds. The summed E-state index contributed by atoms with van der Waals surface area (Å²) in [6.07, 6.45) is -0.0895. The Hall–Kier alpha value is -1.75. The van der Waals surface area contributed by atoms with Crippen molar-refractivity contribution >= 4 is 29.2 Å². The van der Waals surface area contributed by atoms with E-state index >= 15 is 0 Å². The van der Waals surface area contributed by atoms with Crippen LogP contribution in [0.3, 0.4) is 0 Å². The van der Waals surface area contributed by atoms with Gasteiger partial charge in [0.15, 0.2) is 0 Å². The highest BCUT2D eigenvalue weighted by Gasteiger charge is 2.24. The molecule has 2 rings (SSSR count). The Bertz CT molecular complexity index is 535. The highest BCUT2D eigenvalue weighted by Crippen LogP contribution is 2.20. The number of benzene rings is 1. The van der Waals surface area contributed by atoms with E-state index in [1.807, 2.05) is 74.1 Å². The Kier molecular flexibility index (Phi) is 4.18. The quantitative estimate of drug-likeness (QED) is 0.797. The third-order valence-corrected chi connectivity index (χ3v) is 3.37. The number of anilines is 1. The van der Waals surface area contributed by atoms with Crippen molar-refractivity contribution in [3.8, 4) is 0 Å². The molecular weight excluding hydrogens is 274 g/mol. The molecule has 1 aliphatic rings. The molecular formula is C14H20ClN5. The van der Waals surface area contributed by atoms with E-state index in [4.69, 9.17) is 11.6 Å². The minimum atomic E-state index is -0.0895. The molecule has 0 spiro atoms. The lowest BCUT2D eigenvalue weighted by atomic mass is 10.3. The van der Waals surface area contributed by atoms with Crippen molar-refractivity contribution in [1.82, 2.24) is 9.80 Å². The molecule has 0 saturated carbocycles. The molecule has 1 heterocycles. The summed E-state index contributed by atoms with van der Waals surface area (Å²) in [7, 11) is 7.92. The van der Waals surface area contributed by atoms with Gasteiger partial charge in [0.05, 0.1) is 0 Å². The number of aliphatic imine (C=N–C) groups is 2. The maximum atomic E-state index is 5.93. The molecule has 1 aliphatic heterocycles. The maximum absolute atomic E-state index is 5.93. The molecule has 5 nitrogen and oxygen atoms in total. The van der Waals surface area contributed by atoms with E-state index < -0.39 is 0 Å². The van der Waals surface area contributed by atoms with E-state index in [-0.39, 0.29) is 6.17 Å². The summed E-state index contributed by atoms with van der Waals surface area (Å²) < 4.78 is 0. The van der Waals surface area contributed by atoms with Gasteiger partial charge >= 0.3 is 0 Å². The standard InChI is InChI=1S/C14H20ClN5/c1-10-16-13(18(2)3)20(5)14(17-10)19(4)12-8-6-11(15)7-9-12/h6-10H,1-5H3. The van der Waals surface area contributed by atoms with E-state index in [1.165, 1.54) is 0 Å². The Morgan fingerprint density at radius 3 is 2.15 bits per heavy atom. The third-order valence-electron chi connectivity index (χ3n) is 3.12. The Morgan fingerprint density at radius 1 is 1.05 bits per heavy atom. The van der Waals surface area contributed by atoms with Crippen molar-refractivity contribution in [1.29, 1.82) is 0 Å². The lowest BCUT2D eigenvalue weighted by molar-refractivity contribution is 0.499. The number of hydrogen-bond acceptors (Lipinski definition) is 5. The van der Waals surface area contributed by atoms with Crippen LogP contribution in [0.2, 0.25) is 5.02 Å². The van der Waals surface area contributed by atoms with Crippen LogP contribution in [0.4, 0.5) is 5.69 Å². The minimum absolute atomic E-state index is 0.0895. The number of rotatable bonds is 1. The zero-order valence-corrected chi connectivity index (χ0v) is 13.3. The second kappa shape index (κ2) is 5.71. The fourth-order valence-corrected chi connectivity index (χ4v) is 2.26. The molecule has 0 radical (unpaired) electrons. The van der Waals surface area contributed by atoms with Gasteiger partial charge in [-0.3, -0.25) is 4.90 Å². The molecule has 0 N–H and O–H groups in total. The van der Waals surface area contributed by atoms with Gasteiger partial charge in [-0.2, -0.15) is 0 Å². The van der Waals surface area contributed by atoms with Crippen LogP contribution in [0.15, 0.2) is 34.3 Å². The molecule has 20 heavy (non-hydrogen) atoms. The van der Waals surface area contributed by atoms with Gasteiger partial charge in [0, 0.05) is 38.9 Å². The van der Waals surface area contributed by atoms with E-state index in [2.05, 4.69) is 9.98 Å². The van der Waals surface area contributed by atoms with E-state index in [0.717, 1.165) is 22.6 Å². The molecule has 0 bridgehead atoms. The minimum Gasteiger partial charge on any atom is -0.349 e. The summed E-state index contributed by atoms with van der Waals surface area (Å²) in [6, 6.07) is 7.71. The van der Waals surface area contributed by atoms with Gasteiger partial charge in [-0.15, -0.1) is 0 Å². The van der Waals surface area contributed by atoms with Crippen LogP contribution in [0, 0.1) is 0 Å². The van der Waals surface area contributed by atoms with Gasteiger partial charge in [0.25, 0.3) is 0 Å². The Labute approximate surface area is 125 Å². The summed E-state index contributed by atoms with van der Waals surface area (Å²) in [5.74, 6) is 1.75. The molecule has 1 unspecified atom stereocenters. The second-order valence-corrected chi connectivity index (χ2v) is 5.42. The van der Waals surface area contributed by atoms with Crippen LogP contribution in [0.1, 0.15) is 6.92 Å². The zero-order valence-electron chi connectivity index (χ0n) is 12.5. The molecule has 1 atom stereocenters. The Balaban J connectivity index is 2.29. The average Bonchev–Trinajstić information content (AvgIpc) is 2.41. The van der Waals surface area contributed by atoms with Crippen molar-refractivity contribution in [2.24, 2.45) is 9.98 Å². The van der Waals surface area contributed by atoms with Crippen LogP contribution in [-0.2, 0) is 0 Å². The molecule has 1 aromatic carbocycles. The summed E-state index contributed by atoms with van der Waals surface area (Å²) in [5, 5.41) is 0.727. The predicted molar refractivity (Wildman–Crippen MR) is 85.6 cm³/mol. The third kappa shape index (κ3) is 2.88. The Morgan fingerprint density at radius 2 is 1.60 bits per heavy atom. The highest BCUT2D eigenvalue weighted by molar-refractivity contribution is 6.30. The van der Waals surface area contributed by atoms with Crippen LogP contribution in [0.5, 0.6) is 0 Å². The molecule has 0 aromatic heterocycles. The van der Waals surface area contributed by atoms with Crippen molar-refractivity contribution in [3.05, 3.63) is 29.3 Å². The normalized spacial score (nSPS) is 18.5. The molecule has 108 valence electrons. The second-order valence-electron chi connectivity index (χ2n) is 4.98. The molecule has 0 saturated heterocycles. The van der Waals surface area contributed by atoms with Crippen LogP contribution >= 0.6 is 11.6 Å². The van der Waals surface area contributed by atoms with Crippen molar-refractivity contribution < 1.29 is 0 Å². The first-order valence-corrected chi connectivity index (χ1v) is 6.84. The van der Waals surface area contributed by atoms with Crippen LogP contribution in [0.25, 0.3) is 0 Å². The zero-order chi connectivity index (χ0) is 14.9. The maximum Gasteiger partial charge on any atom is 0.209 e. The topological polar surface area (TPSA) is 34.4 Å². The van der Waals surface area contributed by atoms with Gasteiger partial charge in [-0.1, -0.05) is 11.6 Å². The van der Waals surface area contributed by atoms with Gasteiger partial charge in [-0.05, 0) is 31.2 Å². The summed E-state index contributed by atoms with van der Waals surface area (Å²) >= 11 is 5.93. The van der Waals surface area contributed by atoms with E-state index in [0.29, 0.717) is 0 Å². The van der Waals surface area contributed by atoms with Gasteiger partial charge < -0.3 is 9.80 Å². The lowest BCUT2D eigenvalue weighted by Gasteiger charge is -2.35. The predicted octanol–water partition coefficient (Wildman–Crippen LogP) is 2.34. The fourth-order valence-electron chi connectivity index (χ4n) is 2.13. The number of nitrogens with zero attached hydrogens (tertiary/aromatic N) is 5. The molecule has 0 aliphatic carbocycles. The number of halogens is 1. The van der Waals surface area contributed by atoms with Crippen molar-refractivity contribution in [2.75, 3.05) is 33.1 Å². The average molecular weight is 294 g/mol. The van der Waals surface area contributed by atoms with Crippen LogP contribution < -0.4 is 4.90 Å². The van der Waals surface area contributed by atoms with Crippen molar-refractivity contribution in [3.63, 3.8) is 0 Å². The number of hydrogen-bond donors (Lipinski definition) is 0. The smallest absolute Gasteiger partial charge is 0.209 e. The number of guanidine groups is 2. The van der Waals surface area contributed by atoms with Gasteiger partial charge in [0.1, 0.15) is 6.17 Å². The van der Waals surface area contributed by atoms with E-state index in [9.17, 15) is 0 Å². The van der Waals surface area contributed by atoms with Gasteiger partial charge in [0.2, 0.25) is 11.9 Å². The van der Waals surface area contributed by atoms with Gasteiger partial charge in [-0.25, -0.2) is 9.98 Å². The van der Waals surface area contributed by atoms with Crippen LogP contribution in [-0.4, -0.2) is 56.1 Å². The first kappa shape index (κ1) is 14.7.